The molecule has 3 unspecified atom stereocenters. The molecule has 0 aromatic rings. The second-order valence-electron chi connectivity index (χ2n) is 7.84. The van der Waals surface area contributed by atoms with Crippen LogP contribution < -0.4 is 10.6 Å². The maximum atomic E-state index is 5.91. The third kappa shape index (κ3) is 3.76. The molecule has 3 rings (SSSR count). The summed E-state index contributed by atoms with van der Waals surface area (Å²) in [5.41, 5.74) is 0. The van der Waals surface area contributed by atoms with Gasteiger partial charge in [-0.1, -0.05) is 13.8 Å². The van der Waals surface area contributed by atoms with Gasteiger partial charge in [0.25, 0.3) is 0 Å². The van der Waals surface area contributed by atoms with Crippen molar-refractivity contribution in [2.45, 2.75) is 77.0 Å². The number of nitrogens with one attached hydrogen (secondary N) is 2. The van der Waals surface area contributed by atoms with Crippen molar-refractivity contribution < 1.29 is 4.74 Å². The van der Waals surface area contributed by atoms with Gasteiger partial charge in [0.2, 0.25) is 0 Å². The van der Waals surface area contributed by atoms with Crippen LogP contribution in [-0.4, -0.2) is 37.8 Å². The van der Waals surface area contributed by atoms with Gasteiger partial charge in [0.15, 0.2) is 5.96 Å². The zero-order valence-corrected chi connectivity index (χ0v) is 14.5. The first-order valence-corrected chi connectivity index (χ1v) is 9.28. The van der Waals surface area contributed by atoms with Gasteiger partial charge in [0, 0.05) is 13.6 Å². The molecule has 4 nitrogen and oxygen atoms in total. The number of nitrogens with zero attached hydrogens (tertiary/aromatic N) is 1. The highest BCUT2D eigenvalue weighted by atomic mass is 16.5. The quantitative estimate of drug-likeness (QED) is 0.620. The van der Waals surface area contributed by atoms with Crippen LogP contribution >= 0.6 is 0 Å². The number of hydrogen-bond acceptors (Lipinski definition) is 2. The largest absolute Gasteiger partial charge is 0.373 e. The predicted molar refractivity (Wildman–Crippen MR) is 91.1 cm³/mol. The molecule has 4 heteroatoms. The van der Waals surface area contributed by atoms with Crippen molar-refractivity contribution >= 4 is 5.96 Å². The zero-order chi connectivity index (χ0) is 15.5. The number of rotatable bonds is 4. The van der Waals surface area contributed by atoms with Gasteiger partial charge in [-0.3, -0.25) is 4.99 Å². The van der Waals surface area contributed by atoms with E-state index >= 15 is 0 Å². The van der Waals surface area contributed by atoms with E-state index in [1.54, 1.807) is 0 Å². The summed E-state index contributed by atoms with van der Waals surface area (Å²) < 4.78 is 5.91. The van der Waals surface area contributed by atoms with Gasteiger partial charge in [-0.25, -0.2) is 0 Å². The lowest BCUT2D eigenvalue weighted by molar-refractivity contribution is 0.0992. The van der Waals surface area contributed by atoms with Crippen LogP contribution in [0.1, 0.15) is 58.8 Å². The molecule has 0 amide bonds. The summed E-state index contributed by atoms with van der Waals surface area (Å²) in [4.78, 5) is 4.40. The normalized spacial score (nSPS) is 38.5. The van der Waals surface area contributed by atoms with E-state index in [1.807, 2.05) is 7.05 Å². The first kappa shape index (κ1) is 16.1. The molecule has 3 atom stereocenters. The summed E-state index contributed by atoms with van der Waals surface area (Å²) in [6.07, 6.45) is 10.0. The van der Waals surface area contributed by atoms with Crippen LogP contribution in [0.2, 0.25) is 0 Å². The van der Waals surface area contributed by atoms with Crippen LogP contribution in [-0.2, 0) is 4.74 Å². The highest BCUT2D eigenvalue weighted by Gasteiger charge is 2.41. The molecule has 0 aromatic carbocycles. The van der Waals surface area contributed by atoms with E-state index in [4.69, 9.17) is 4.74 Å². The molecule has 2 N–H and O–H groups in total. The minimum atomic E-state index is 0.407. The minimum absolute atomic E-state index is 0.407. The second kappa shape index (κ2) is 7.20. The summed E-state index contributed by atoms with van der Waals surface area (Å²) in [5.74, 6) is 3.57. The Hall–Kier alpha value is -0.770. The Morgan fingerprint density at radius 3 is 2.45 bits per heavy atom. The molecule has 2 bridgehead atoms. The van der Waals surface area contributed by atoms with E-state index < -0.39 is 0 Å². The molecule has 3 fully saturated rings. The monoisotopic (exact) mass is 307 g/mol. The number of aliphatic imine (C=N–C) groups is 1. The molecule has 1 saturated carbocycles. The van der Waals surface area contributed by atoms with Gasteiger partial charge >= 0.3 is 0 Å². The van der Waals surface area contributed by atoms with E-state index in [9.17, 15) is 0 Å². The smallest absolute Gasteiger partial charge is 0.191 e. The maximum Gasteiger partial charge on any atom is 0.191 e. The summed E-state index contributed by atoms with van der Waals surface area (Å²) >= 11 is 0. The number of hydrogen-bond donors (Lipinski definition) is 2. The number of ether oxygens (including phenoxy) is 1. The lowest BCUT2D eigenvalue weighted by Crippen LogP contribution is -2.48. The Morgan fingerprint density at radius 2 is 1.91 bits per heavy atom. The van der Waals surface area contributed by atoms with Crippen molar-refractivity contribution in [3.05, 3.63) is 0 Å². The maximum absolute atomic E-state index is 5.91. The highest BCUT2D eigenvalue weighted by Crippen LogP contribution is 2.34. The molecule has 22 heavy (non-hydrogen) atoms. The molecule has 0 aromatic heterocycles. The molecule has 0 radical (unpaired) electrons. The standard InChI is InChI=1S/C18H33N3O/c1-12(2)14-6-4-13(5-7-14)11-20-18(19-3)21-16-10-15-8-9-17(16)22-15/h12-17H,4-11H2,1-3H3,(H2,19,20,21). The van der Waals surface area contributed by atoms with Crippen molar-refractivity contribution in [2.75, 3.05) is 13.6 Å². The third-order valence-corrected chi connectivity index (χ3v) is 6.04. The van der Waals surface area contributed by atoms with E-state index in [-0.39, 0.29) is 0 Å². The summed E-state index contributed by atoms with van der Waals surface area (Å²) in [5, 5.41) is 7.13. The minimum Gasteiger partial charge on any atom is -0.373 e. The number of fused-ring (bicyclic) bond motifs is 2. The van der Waals surface area contributed by atoms with E-state index in [0.717, 1.165) is 36.7 Å². The predicted octanol–water partition coefficient (Wildman–Crippen LogP) is 2.93. The van der Waals surface area contributed by atoms with Gasteiger partial charge in [0.05, 0.1) is 18.2 Å². The molecule has 0 spiro atoms. The first-order valence-electron chi connectivity index (χ1n) is 9.28. The van der Waals surface area contributed by atoms with Gasteiger partial charge < -0.3 is 15.4 Å². The van der Waals surface area contributed by atoms with Crippen molar-refractivity contribution in [3.63, 3.8) is 0 Å². The van der Waals surface area contributed by atoms with Gasteiger partial charge in [0.1, 0.15) is 0 Å². The van der Waals surface area contributed by atoms with Crippen molar-refractivity contribution in [2.24, 2.45) is 22.7 Å². The lowest BCUT2D eigenvalue weighted by atomic mass is 9.77. The average Bonchev–Trinajstić information content (AvgIpc) is 3.14. The fourth-order valence-corrected chi connectivity index (χ4v) is 4.46. The molecule has 2 aliphatic heterocycles. The Morgan fingerprint density at radius 1 is 1.14 bits per heavy atom. The highest BCUT2D eigenvalue weighted by molar-refractivity contribution is 5.80. The molecule has 126 valence electrons. The van der Waals surface area contributed by atoms with E-state index in [1.165, 1.54) is 38.5 Å². The lowest BCUT2D eigenvalue weighted by Gasteiger charge is -2.31. The van der Waals surface area contributed by atoms with Crippen LogP contribution in [0.3, 0.4) is 0 Å². The Bertz CT molecular complexity index is 388. The third-order valence-electron chi connectivity index (χ3n) is 6.04. The summed E-state index contributed by atoms with van der Waals surface area (Å²) in [7, 11) is 1.87. The number of guanidine groups is 1. The molecule has 1 aliphatic carbocycles. The van der Waals surface area contributed by atoms with Crippen molar-refractivity contribution in [1.82, 2.24) is 10.6 Å². The zero-order valence-electron chi connectivity index (χ0n) is 14.5. The fraction of sp³-hybridized carbons (Fsp3) is 0.944. The van der Waals surface area contributed by atoms with Crippen LogP contribution in [0.5, 0.6) is 0 Å². The van der Waals surface area contributed by atoms with Gasteiger partial charge in [-0.15, -0.1) is 0 Å². The molecule has 2 saturated heterocycles. The summed E-state index contributed by atoms with van der Waals surface area (Å²) in [6, 6.07) is 0.460. The van der Waals surface area contributed by atoms with Gasteiger partial charge in [-0.2, -0.15) is 0 Å². The van der Waals surface area contributed by atoms with Crippen LogP contribution in [0.4, 0.5) is 0 Å². The first-order chi connectivity index (χ1) is 10.7. The summed E-state index contributed by atoms with van der Waals surface area (Å²) in [6.45, 7) is 5.80. The van der Waals surface area contributed by atoms with E-state index in [0.29, 0.717) is 18.2 Å². The molecule has 2 heterocycles. The fourth-order valence-electron chi connectivity index (χ4n) is 4.46. The SMILES string of the molecule is CN=C(NCC1CCC(C(C)C)CC1)NC1CC2CCC1O2. The van der Waals surface area contributed by atoms with Crippen LogP contribution in [0, 0.1) is 17.8 Å². The second-order valence-corrected chi connectivity index (χ2v) is 7.84. The molecule has 3 aliphatic rings. The van der Waals surface area contributed by atoms with Gasteiger partial charge in [-0.05, 0) is 62.7 Å². The van der Waals surface area contributed by atoms with Crippen molar-refractivity contribution in [1.29, 1.82) is 0 Å². The Labute approximate surface area is 135 Å². The van der Waals surface area contributed by atoms with Crippen LogP contribution in [0.25, 0.3) is 0 Å². The van der Waals surface area contributed by atoms with E-state index in [2.05, 4.69) is 29.5 Å². The molecular formula is C18H33N3O. The van der Waals surface area contributed by atoms with Crippen LogP contribution in [0.15, 0.2) is 4.99 Å². The topological polar surface area (TPSA) is 45.7 Å². The average molecular weight is 307 g/mol. The Kier molecular flexibility index (Phi) is 5.27. The Balaban J connectivity index is 1.39. The van der Waals surface area contributed by atoms with Crippen molar-refractivity contribution in [3.8, 4) is 0 Å². The molecular weight excluding hydrogens is 274 g/mol.